The van der Waals surface area contributed by atoms with Crippen molar-refractivity contribution in [1.29, 1.82) is 0 Å². The first-order valence-corrected chi connectivity index (χ1v) is 5.56. The summed E-state index contributed by atoms with van der Waals surface area (Å²) in [6.07, 6.45) is 0.567. The molecule has 0 fully saturated rings. The summed E-state index contributed by atoms with van der Waals surface area (Å²) in [6, 6.07) is 1.80. The van der Waals surface area contributed by atoms with Crippen LogP contribution in [0.1, 0.15) is 13.3 Å². The molecule has 1 heterocycles. The number of nitrogens with one attached hydrogen (secondary N) is 1. The molecule has 0 atom stereocenters. The molecule has 0 saturated heterocycles. The van der Waals surface area contributed by atoms with Gasteiger partial charge in [-0.2, -0.15) is 4.39 Å². The number of halogens is 1. The first-order chi connectivity index (χ1) is 8.95. The molecule has 2 rings (SSSR count). The van der Waals surface area contributed by atoms with Gasteiger partial charge < -0.3 is 9.55 Å². The second-order valence-corrected chi connectivity index (χ2v) is 3.99. The zero-order valence-electron chi connectivity index (χ0n) is 9.97. The highest BCUT2D eigenvalue weighted by atomic mass is 19.1. The molecule has 7 nitrogen and oxygen atoms in total. The van der Waals surface area contributed by atoms with E-state index in [4.69, 9.17) is 0 Å². The zero-order valence-corrected chi connectivity index (χ0v) is 9.97. The van der Waals surface area contributed by atoms with Crippen LogP contribution in [0.4, 0.5) is 10.1 Å². The van der Waals surface area contributed by atoms with Crippen molar-refractivity contribution < 1.29 is 9.31 Å². The zero-order chi connectivity index (χ0) is 14.2. The highest BCUT2D eigenvalue weighted by molar-refractivity contribution is 5.77. The highest BCUT2D eigenvalue weighted by Gasteiger charge is 2.18. The average Bonchev–Trinajstić information content (AvgIpc) is 2.35. The van der Waals surface area contributed by atoms with Crippen LogP contribution in [-0.2, 0) is 6.54 Å². The Bertz CT molecular complexity index is 778. The fourth-order valence-corrected chi connectivity index (χ4v) is 1.87. The molecule has 0 aliphatic rings. The van der Waals surface area contributed by atoms with Crippen LogP contribution in [0.25, 0.3) is 11.0 Å². The maximum absolute atomic E-state index is 13.6. The van der Waals surface area contributed by atoms with Crippen LogP contribution in [0, 0.1) is 15.9 Å². The van der Waals surface area contributed by atoms with Gasteiger partial charge in [-0.3, -0.25) is 19.7 Å². The largest absolute Gasteiger partial charge is 0.316 e. The minimum absolute atomic E-state index is 0.0613. The monoisotopic (exact) mass is 267 g/mol. The smallest absolute Gasteiger partial charge is 0.316 e. The lowest BCUT2D eigenvalue weighted by Gasteiger charge is -2.08. The molecule has 2 aromatic rings. The van der Waals surface area contributed by atoms with Gasteiger partial charge in [-0.05, 0) is 6.42 Å². The van der Waals surface area contributed by atoms with Gasteiger partial charge in [0, 0.05) is 18.7 Å². The van der Waals surface area contributed by atoms with Gasteiger partial charge in [-0.25, -0.2) is 0 Å². The molecule has 0 bridgehead atoms. The van der Waals surface area contributed by atoms with Crippen LogP contribution in [0.5, 0.6) is 0 Å². The number of H-pyrrole nitrogens is 1. The predicted molar refractivity (Wildman–Crippen MR) is 65.7 cm³/mol. The van der Waals surface area contributed by atoms with Crippen LogP contribution in [0.3, 0.4) is 0 Å². The van der Waals surface area contributed by atoms with Crippen molar-refractivity contribution in [3.63, 3.8) is 0 Å². The Labute approximate surface area is 105 Å². The summed E-state index contributed by atoms with van der Waals surface area (Å²) in [4.78, 5) is 35.1. The maximum Gasteiger partial charge on any atom is 0.316 e. The number of benzene rings is 1. The number of aryl methyl sites for hydroxylation is 1. The van der Waals surface area contributed by atoms with E-state index in [1.54, 1.807) is 6.92 Å². The van der Waals surface area contributed by atoms with Crippen molar-refractivity contribution in [2.75, 3.05) is 0 Å². The van der Waals surface area contributed by atoms with E-state index < -0.39 is 27.5 Å². The Morgan fingerprint density at radius 1 is 1.42 bits per heavy atom. The second-order valence-electron chi connectivity index (χ2n) is 3.99. The normalized spacial score (nSPS) is 10.8. The second kappa shape index (κ2) is 4.63. The quantitative estimate of drug-likeness (QED) is 0.512. The van der Waals surface area contributed by atoms with E-state index in [1.165, 1.54) is 0 Å². The topological polar surface area (TPSA) is 98.0 Å². The number of nitro benzene ring substituents is 1. The standard InChI is InChI=1S/C11H10FN3O4/c1-2-3-14-9-4-6(12)8(15(18)19)5-7(9)13-10(16)11(14)17/h4-5H,2-3H2,1H3,(H,13,16). The molecule has 1 aromatic heterocycles. The molecular weight excluding hydrogens is 257 g/mol. The molecule has 0 radical (unpaired) electrons. The molecule has 0 aliphatic heterocycles. The van der Waals surface area contributed by atoms with Gasteiger partial charge in [0.15, 0.2) is 0 Å². The SMILES string of the molecule is CCCn1c(=O)c(=O)[nH]c2cc([N+](=O)[O-])c(F)cc21. The van der Waals surface area contributed by atoms with Gasteiger partial charge in [-0.15, -0.1) is 0 Å². The molecule has 0 aliphatic carbocycles. The molecule has 0 amide bonds. The minimum atomic E-state index is -1.05. The Kier molecular flexibility index (Phi) is 3.16. The predicted octanol–water partition coefficient (Wildman–Crippen LogP) is 1.15. The maximum atomic E-state index is 13.6. The molecular formula is C11H10FN3O4. The number of aromatic amines is 1. The van der Waals surface area contributed by atoms with E-state index >= 15 is 0 Å². The first-order valence-electron chi connectivity index (χ1n) is 5.56. The lowest BCUT2D eigenvalue weighted by atomic mass is 10.2. The first kappa shape index (κ1) is 12.9. The van der Waals surface area contributed by atoms with Crippen LogP contribution in [0.15, 0.2) is 21.7 Å². The molecule has 100 valence electrons. The van der Waals surface area contributed by atoms with E-state index in [9.17, 15) is 24.1 Å². The van der Waals surface area contributed by atoms with E-state index in [0.717, 1.165) is 16.7 Å². The fraction of sp³-hybridized carbons (Fsp3) is 0.273. The fourth-order valence-electron chi connectivity index (χ4n) is 1.87. The highest BCUT2D eigenvalue weighted by Crippen LogP contribution is 2.22. The van der Waals surface area contributed by atoms with Crippen LogP contribution in [-0.4, -0.2) is 14.5 Å². The van der Waals surface area contributed by atoms with Crippen LogP contribution < -0.4 is 11.1 Å². The van der Waals surface area contributed by atoms with Crippen molar-refractivity contribution in [2.45, 2.75) is 19.9 Å². The third-order valence-electron chi connectivity index (χ3n) is 2.69. The summed E-state index contributed by atoms with van der Waals surface area (Å²) in [6.45, 7) is 2.03. The number of hydrogen-bond acceptors (Lipinski definition) is 4. The summed E-state index contributed by atoms with van der Waals surface area (Å²) in [5.74, 6) is -1.05. The van der Waals surface area contributed by atoms with Crippen molar-refractivity contribution >= 4 is 16.7 Å². The minimum Gasteiger partial charge on any atom is -0.316 e. The number of fused-ring (bicyclic) bond motifs is 1. The number of nitrogens with zero attached hydrogens (tertiary/aromatic N) is 2. The van der Waals surface area contributed by atoms with Gasteiger partial charge >= 0.3 is 16.8 Å². The van der Waals surface area contributed by atoms with Crippen LogP contribution >= 0.6 is 0 Å². The Balaban J connectivity index is 2.91. The molecule has 0 unspecified atom stereocenters. The number of rotatable bonds is 3. The third kappa shape index (κ3) is 2.12. The summed E-state index contributed by atoms with van der Waals surface area (Å²) < 4.78 is 14.7. The molecule has 1 N–H and O–H groups in total. The molecule has 1 aromatic carbocycles. The van der Waals surface area contributed by atoms with Crippen molar-refractivity contribution in [1.82, 2.24) is 9.55 Å². The lowest BCUT2D eigenvalue weighted by molar-refractivity contribution is -0.387. The number of aromatic nitrogens is 2. The third-order valence-corrected chi connectivity index (χ3v) is 2.69. The van der Waals surface area contributed by atoms with Crippen LogP contribution in [0.2, 0.25) is 0 Å². The summed E-state index contributed by atoms with van der Waals surface area (Å²) in [5, 5.41) is 10.6. The van der Waals surface area contributed by atoms with Gasteiger partial charge in [0.05, 0.1) is 16.0 Å². The summed E-state index contributed by atoms with van der Waals surface area (Å²) in [5.41, 5.74) is -2.24. The van der Waals surface area contributed by atoms with E-state index in [-0.39, 0.29) is 17.6 Å². The molecule has 8 heteroatoms. The molecule has 19 heavy (non-hydrogen) atoms. The lowest BCUT2D eigenvalue weighted by Crippen LogP contribution is -2.36. The average molecular weight is 267 g/mol. The van der Waals surface area contributed by atoms with E-state index in [1.807, 2.05) is 0 Å². The van der Waals surface area contributed by atoms with Crippen molar-refractivity contribution in [3.05, 3.63) is 48.8 Å². The molecule has 0 saturated carbocycles. The van der Waals surface area contributed by atoms with E-state index in [0.29, 0.717) is 6.42 Å². The van der Waals surface area contributed by atoms with Gasteiger partial charge in [-0.1, -0.05) is 6.92 Å². The Morgan fingerprint density at radius 3 is 2.68 bits per heavy atom. The van der Waals surface area contributed by atoms with Crippen molar-refractivity contribution in [3.8, 4) is 0 Å². The van der Waals surface area contributed by atoms with E-state index in [2.05, 4.69) is 4.98 Å². The van der Waals surface area contributed by atoms with Crippen molar-refractivity contribution in [2.24, 2.45) is 0 Å². The number of nitro groups is 1. The van der Waals surface area contributed by atoms with Gasteiger partial charge in [0.1, 0.15) is 0 Å². The molecule has 0 spiro atoms. The van der Waals surface area contributed by atoms with Gasteiger partial charge in [0.25, 0.3) is 0 Å². The van der Waals surface area contributed by atoms with Gasteiger partial charge in [0.2, 0.25) is 5.82 Å². The Hall–Kier alpha value is -2.51. The summed E-state index contributed by atoms with van der Waals surface area (Å²) >= 11 is 0. The number of hydrogen-bond donors (Lipinski definition) is 1. The summed E-state index contributed by atoms with van der Waals surface area (Å²) in [7, 11) is 0. The Morgan fingerprint density at radius 2 is 2.11 bits per heavy atom.